The van der Waals surface area contributed by atoms with Crippen molar-refractivity contribution in [3.8, 4) is 0 Å². The second kappa shape index (κ2) is 8.38. The van der Waals surface area contributed by atoms with E-state index in [0.29, 0.717) is 6.26 Å². The van der Waals surface area contributed by atoms with E-state index in [1.54, 1.807) is 0 Å². The van der Waals surface area contributed by atoms with Crippen LogP contribution in [0.25, 0.3) is 0 Å². The zero-order chi connectivity index (χ0) is 7.91. The van der Waals surface area contributed by atoms with Crippen molar-refractivity contribution in [1.82, 2.24) is 0 Å². The third kappa shape index (κ3) is 53.0. The van der Waals surface area contributed by atoms with Gasteiger partial charge in [0.05, 0.1) is 5.75 Å². The first-order chi connectivity index (χ1) is 3.97. The third-order valence-corrected chi connectivity index (χ3v) is 1.09. The van der Waals surface area contributed by atoms with Crippen molar-refractivity contribution in [3.63, 3.8) is 0 Å². The van der Waals surface area contributed by atoms with Crippen LogP contribution in [0.5, 0.6) is 0 Å². The molecule has 0 rings (SSSR count). The molecular weight excluding hydrogens is 163 g/mol. The molecule has 0 aliphatic heterocycles. The molecule has 0 bridgehead atoms. The van der Waals surface area contributed by atoms with E-state index in [1.165, 1.54) is 6.92 Å². The lowest BCUT2D eigenvalue weighted by molar-refractivity contribution is 0.353. The summed E-state index contributed by atoms with van der Waals surface area (Å²) in [6, 6.07) is 0. The van der Waals surface area contributed by atoms with Crippen LogP contribution in [0.4, 0.5) is 4.70 Å². The maximum Gasteiger partial charge on any atom is 0.264 e. The summed E-state index contributed by atoms with van der Waals surface area (Å²) >= 11 is 0. The van der Waals surface area contributed by atoms with Gasteiger partial charge in [0.1, 0.15) is 6.26 Å². The summed E-state index contributed by atoms with van der Waals surface area (Å²) in [5.41, 5.74) is 0. The van der Waals surface area contributed by atoms with Gasteiger partial charge in [0, 0.05) is 0 Å². The highest BCUT2D eigenvalue weighted by Gasteiger charge is 1.93. The van der Waals surface area contributed by atoms with Gasteiger partial charge in [-0.3, -0.25) is 14.4 Å². The van der Waals surface area contributed by atoms with Gasteiger partial charge < -0.3 is 0 Å². The summed E-state index contributed by atoms with van der Waals surface area (Å²) in [7, 11) is -3.66. The smallest absolute Gasteiger partial charge is 0.264 e. The van der Waals surface area contributed by atoms with Crippen molar-refractivity contribution in [2.75, 3.05) is 5.75 Å². The minimum atomic E-state index is -3.66. The molecule has 0 fully saturated rings. The van der Waals surface area contributed by atoms with Gasteiger partial charge >= 0.3 is 0 Å². The molecule has 63 valence electrons. The average Bonchev–Trinajstić information content (AvgIpc) is 1.67. The van der Waals surface area contributed by atoms with Gasteiger partial charge in [0.15, 0.2) is 0 Å². The van der Waals surface area contributed by atoms with Crippen molar-refractivity contribution < 1.29 is 22.8 Å². The lowest BCUT2D eigenvalue weighted by atomic mass is 11.0. The molecule has 6 heteroatoms. The van der Waals surface area contributed by atoms with E-state index >= 15 is 0 Å². The molecule has 0 spiro atoms. The van der Waals surface area contributed by atoms with E-state index in [0.717, 1.165) is 0 Å². The molecule has 0 atom stereocenters. The highest BCUT2D eigenvalue weighted by molar-refractivity contribution is 7.85. The van der Waals surface area contributed by atoms with Crippen LogP contribution >= 0.6 is 0 Å². The molecule has 0 aromatic carbocycles. The van der Waals surface area contributed by atoms with Crippen molar-refractivity contribution >= 4 is 10.1 Å². The molecule has 0 aliphatic carbocycles. The summed E-state index contributed by atoms with van der Waals surface area (Å²) in [5.74, 6) is -0.201. The Morgan fingerprint density at radius 1 is 1.60 bits per heavy atom. The average molecular weight is 173 g/mol. The quantitative estimate of drug-likeness (QED) is 0.466. The Balaban J connectivity index is -0.000000107. The van der Waals surface area contributed by atoms with Gasteiger partial charge in [-0.05, 0) is 6.92 Å². The normalized spacial score (nSPS) is 8.20. The van der Waals surface area contributed by atoms with Gasteiger partial charge in [-0.15, -0.1) is 0 Å². The molecule has 1 N–H and O–H groups in total. The fraction of sp³-hybridized carbons (Fsp3) is 0.500. The molecule has 4 nitrogen and oxygen atoms in total. The van der Waals surface area contributed by atoms with Crippen molar-refractivity contribution in [2.24, 2.45) is 0 Å². The zero-order valence-corrected chi connectivity index (χ0v) is 6.30. The Bertz CT molecular complexity index is 151. The summed E-state index contributed by atoms with van der Waals surface area (Å²) in [5, 5.41) is 8.69. The third-order valence-electron chi connectivity index (χ3n) is 0.365. The maximum absolute atomic E-state index is 9.56. The van der Waals surface area contributed by atoms with Crippen LogP contribution in [0.2, 0.25) is 0 Å². The van der Waals surface area contributed by atoms with E-state index < -0.39 is 10.1 Å². The van der Waals surface area contributed by atoms with E-state index in [1.807, 2.05) is 0 Å². The maximum atomic E-state index is 9.56. The van der Waals surface area contributed by atoms with E-state index in [4.69, 9.17) is 9.66 Å². The highest BCUT2D eigenvalue weighted by atomic mass is 32.2. The molecule has 0 aromatic rings. The number of halogens is 1. The van der Waals surface area contributed by atoms with E-state index in [-0.39, 0.29) is 10.5 Å². The van der Waals surface area contributed by atoms with Crippen LogP contribution in [0.3, 0.4) is 0 Å². The zero-order valence-electron chi connectivity index (χ0n) is 5.48. The van der Waals surface area contributed by atoms with Crippen molar-refractivity contribution in [2.45, 2.75) is 6.92 Å². The molecule has 0 amide bonds. The number of hydrogen-bond acceptors (Lipinski definition) is 2. The lowest BCUT2D eigenvalue weighted by Gasteiger charge is -1.79. The van der Waals surface area contributed by atoms with Crippen LogP contribution < -0.4 is 0 Å². The van der Waals surface area contributed by atoms with Crippen LogP contribution in [-0.4, -0.2) is 18.7 Å². The predicted molar refractivity (Wildman–Crippen MR) is 35.5 cm³/mol. The topological polar surface area (TPSA) is 74.3 Å². The summed E-state index contributed by atoms with van der Waals surface area (Å²) in [4.78, 5) is 0. The number of rotatable bonds is 1. The minimum absolute atomic E-state index is 0. The molecule has 0 aromatic heterocycles. The second-order valence-corrected chi connectivity index (χ2v) is 2.78. The van der Waals surface area contributed by atoms with Crippen LogP contribution in [0.1, 0.15) is 6.92 Å². The van der Waals surface area contributed by atoms with E-state index in [9.17, 15) is 8.42 Å². The standard InChI is InChI=1S/C2H6O3S.C2H3O.FH/c1-2-6(3,4)5;1-2-3;/h2H2,1H3,(H,3,4,5);2H,1H2;1H. The molecule has 0 aliphatic rings. The summed E-state index contributed by atoms with van der Waals surface area (Å²) in [6.45, 7) is 4.18. The van der Waals surface area contributed by atoms with Crippen LogP contribution in [0.15, 0.2) is 12.8 Å². The summed E-state index contributed by atoms with van der Waals surface area (Å²) in [6.07, 6.45) is 0.500. The van der Waals surface area contributed by atoms with Crippen molar-refractivity contribution in [1.29, 1.82) is 0 Å². The Morgan fingerprint density at radius 2 is 1.70 bits per heavy atom. The minimum Gasteiger partial charge on any atom is -0.299 e. The fourth-order valence-corrected chi connectivity index (χ4v) is 0. The molecule has 1 radical (unpaired) electrons. The molecule has 0 heterocycles. The largest absolute Gasteiger partial charge is 0.299 e. The summed E-state index contributed by atoms with van der Waals surface area (Å²) < 4.78 is 26.9. The Kier molecular flexibility index (Phi) is 13.6. The van der Waals surface area contributed by atoms with Gasteiger partial charge in [-0.25, -0.2) is 0 Å². The SMILES string of the molecule is C=C[O].CCS(=O)(=O)O.F. The van der Waals surface area contributed by atoms with Crippen LogP contribution in [-0.2, 0) is 15.2 Å². The molecule has 0 unspecified atom stereocenters. The van der Waals surface area contributed by atoms with Gasteiger partial charge in [0.2, 0.25) is 0 Å². The fourth-order valence-electron chi connectivity index (χ4n) is 0. The highest BCUT2D eigenvalue weighted by Crippen LogP contribution is 1.74. The lowest BCUT2D eigenvalue weighted by Crippen LogP contribution is -1.97. The predicted octanol–water partition coefficient (Wildman–Crippen LogP) is 0.607. The Labute approximate surface area is 59.3 Å². The first-order valence-electron chi connectivity index (χ1n) is 2.16. The van der Waals surface area contributed by atoms with E-state index in [2.05, 4.69) is 6.58 Å². The first kappa shape index (κ1) is 16.2. The Hall–Kier alpha value is -0.620. The van der Waals surface area contributed by atoms with Gasteiger partial charge in [-0.1, -0.05) is 6.58 Å². The van der Waals surface area contributed by atoms with Crippen LogP contribution in [0, 0.1) is 0 Å². The molecular formula is C4H10FO4S. The van der Waals surface area contributed by atoms with Gasteiger partial charge in [-0.2, -0.15) is 8.42 Å². The second-order valence-electron chi connectivity index (χ2n) is 1.04. The first-order valence-corrected chi connectivity index (χ1v) is 3.76. The molecule has 10 heavy (non-hydrogen) atoms. The van der Waals surface area contributed by atoms with Gasteiger partial charge in [0.25, 0.3) is 10.1 Å². The molecule has 0 saturated carbocycles. The molecule has 0 saturated heterocycles. The number of hydrogen-bond donors (Lipinski definition) is 1. The monoisotopic (exact) mass is 173 g/mol. The van der Waals surface area contributed by atoms with Crippen molar-refractivity contribution in [3.05, 3.63) is 12.8 Å². The Morgan fingerprint density at radius 3 is 1.70 bits per heavy atom.